The summed E-state index contributed by atoms with van der Waals surface area (Å²) in [5.74, 6) is -3.51. The third-order valence-electron chi connectivity index (χ3n) is 1.98. The lowest BCUT2D eigenvalue weighted by Gasteiger charge is -2.13. The Hall–Kier alpha value is -1.90. The van der Waals surface area contributed by atoms with Crippen molar-refractivity contribution >= 4 is 5.97 Å². The molecule has 1 rings (SSSR count). The van der Waals surface area contributed by atoms with Crippen molar-refractivity contribution in [3.05, 3.63) is 23.3 Å². The SMILES string of the molecule is CCOC(=O)c1ncc(OC(F)(F)F)c(F)c1CN. The average molecular weight is 282 g/mol. The second-order valence-electron chi connectivity index (χ2n) is 3.24. The van der Waals surface area contributed by atoms with Gasteiger partial charge in [-0.1, -0.05) is 0 Å². The van der Waals surface area contributed by atoms with E-state index in [2.05, 4.69) is 14.5 Å². The summed E-state index contributed by atoms with van der Waals surface area (Å²) < 4.78 is 57.7. The summed E-state index contributed by atoms with van der Waals surface area (Å²) in [6.07, 6.45) is -4.62. The topological polar surface area (TPSA) is 74.4 Å². The van der Waals surface area contributed by atoms with Gasteiger partial charge in [-0.05, 0) is 6.92 Å². The zero-order valence-electron chi connectivity index (χ0n) is 9.75. The maximum Gasteiger partial charge on any atom is 0.573 e. The summed E-state index contributed by atoms with van der Waals surface area (Å²) in [6, 6.07) is 0. The lowest BCUT2D eigenvalue weighted by Crippen LogP contribution is -2.21. The van der Waals surface area contributed by atoms with Crippen molar-refractivity contribution in [2.45, 2.75) is 19.8 Å². The lowest BCUT2D eigenvalue weighted by molar-refractivity contribution is -0.275. The number of ether oxygens (including phenoxy) is 2. The van der Waals surface area contributed by atoms with E-state index >= 15 is 0 Å². The monoisotopic (exact) mass is 282 g/mol. The predicted molar refractivity (Wildman–Crippen MR) is 54.7 cm³/mol. The van der Waals surface area contributed by atoms with E-state index < -0.39 is 41.7 Å². The number of rotatable bonds is 4. The van der Waals surface area contributed by atoms with E-state index in [-0.39, 0.29) is 6.61 Å². The fourth-order valence-corrected chi connectivity index (χ4v) is 1.27. The normalized spacial score (nSPS) is 11.3. The number of aromatic nitrogens is 1. The minimum atomic E-state index is -5.07. The van der Waals surface area contributed by atoms with Crippen LogP contribution in [0.3, 0.4) is 0 Å². The van der Waals surface area contributed by atoms with Gasteiger partial charge in [0.1, 0.15) is 0 Å². The number of nitrogens with two attached hydrogens (primary N) is 1. The van der Waals surface area contributed by atoms with Crippen LogP contribution in [0, 0.1) is 5.82 Å². The Labute approximate surface area is 105 Å². The van der Waals surface area contributed by atoms with Crippen LogP contribution in [0.5, 0.6) is 5.75 Å². The van der Waals surface area contributed by atoms with Crippen LogP contribution in [-0.4, -0.2) is 23.9 Å². The number of carbonyl (C=O) groups excluding carboxylic acids is 1. The number of carbonyl (C=O) groups is 1. The third-order valence-corrected chi connectivity index (χ3v) is 1.98. The number of halogens is 4. The van der Waals surface area contributed by atoms with Crippen LogP contribution in [0.4, 0.5) is 17.6 Å². The van der Waals surface area contributed by atoms with Crippen LogP contribution < -0.4 is 10.5 Å². The fraction of sp³-hybridized carbons (Fsp3) is 0.400. The van der Waals surface area contributed by atoms with Crippen LogP contribution in [-0.2, 0) is 11.3 Å². The molecule has 0 aliphatic carbocycles. The van der Waals surface area contributed by atoms with Crippen LogP contribution >= 0.6 is 0 Å². The van der Waals surface area contributed by atoms with E-state index in [9.17, 15) is 22.4 Å². The Kier molecular flexibility index (Phi) is 4.65. The minimum absolute atomic E-state index is 0.00689. The Morgan fingerprint density at radius 1 is 1.47 bits per heavy atom. The molecule has 106 valence electrons. The maximum absolute atomic E-state index is 13.7. The molecule has 1 aromatic rings. The van der Waals surface area contributed by atoms with Crippen molar-refractivity contribution in [1.82, 2.24) is 4.98 Å². The smallest absolute Gasteiger partial charge is 0.461 e. The van der Waals surface area contributed by atoms with Crippen molar-refractivity contribution < 1.29 is 31.8 Å². The largest absolute Gasteiger partial charge is 0.573 e. The summed E-state index contributed by atoms with van der Waals surface area (Å²) in [6.45, 7) is 0.993. The molecule has 0 radical (unpaired) electrons. The molecule has 1 aromatic heterocycles. The minimum Gasteiger partial charge on any atom is -0.461 e. The Balaban J connectivity index is 3.19. The number of alkyl halides is 3. The number of nitrogens with zero attached hydrogens (tertiary/aromatic N) is 1. The molecule has 1 heterocycles. The highest BCUT2D eigenvalue weighted by molar-refractivity contribution is 5.89. The summed E-state index contributed by atoms with van der Waals surface area (Å²) in [4.78, 5) is 14.8. The highest BCUT2D eigenvalue weighted by Gasteiger charge is 2.34. The van der Waals surface area contributed by atoms with Gasteiger partial charge in [0.25, 0.3) is 0 Å². The number of esters is 1. The molecule has 0 amide bonds. The molecule has 0 unspecified atom stereocenters. The highest BCUT2D eigenvalue weighted by Crippen LogP contribution is 2.27. The third kappa shape index (κ3) is 3.78. The summed E-state index contributed by atoms with van der Waals surface area (Å²) >= 11 is 0. The standard InChI is InChI=1S/C10H10F4N2O3/c1-2-18-9(17)8-5(3-15)7(11)6(4-16-8)19-10(12,13)14/h4H,2-3,15H2,1H3. The summed E-state index contributed by atoms with van der Waals surface area (Å²) in [7, 11) is 0. The quantitative estimate of drug-likeness (QED) is 0.672. The maximum atomic E-state index is 13.7. The lowest BCUT2D eigenvalue weighted by atomic mass is 10.1. The van der Waals surface area contributed by atoms with E-state index in [0.717, 1.165) is 0 Å². The van der Waals surface area contributed by atoms with Gasteiger partial charge >= 0.3 is 12.3 Å². The van der Waals surface area contributed by atoms with Crippen molar-refractivity contribution in [3.8, 4) is 5.75 Å². The molecule has 0 spiro atoms. The molecular formula is C10H10F4N2O3. The molecule has 5 nitrogen and oxygen atoms in total. The van der Waals surface area contributed by atoms with Crippen molar-refractivity contribution in [1.29, 1.82) is 0 Å². The van der Waals surface area contributed by atoms with E-state index in [0.29, 0.717) is 6.20 Å². The zero-order valence-corrected chi connectivity index (χ0v) is 9.75. The summed E-state index contributed by atoms with van der Waals surface area (Å²) in [5.41, 5.74) is 4.22. The first-order chi connectivity index (χ1) is 8.80. The van der Waals surface area contributed by atoms with Gasteiger partial charge in [0.05, 0.1) is 12.8 Å². The summed E-state index contributed by atoms with van der Waals surface area (Å²) in [5, 5.41) is 0. The van der Waals surface area contributed by atoms with Gasteiger partial charge in [-0.2, -0.15) is 0 Å². The van der Waals surface area contributed by atoms with Crippen molar-refractivity contribution in [3.63, 3.8) is 0 Å². The average Bonchev–Trinajstić information content (AvgIpc) is 2.30. The second kappa shape index (κ2) is 5.83. The molecule has 0 saturated carbocycles. The van der Waals surface area contributed by atoms with Gasteiger partial charge in [-0.15, -0.1) is 13.2 Å². The molecule has 0 fully saturated rings. The first-order valence-electron chi connectivity index (χ1n) is 5.10. The molecule has 9 heteroatoms. The molecule has 0 aromatic carbocycles. The number of hydrogen-bond acceptors (Lipinski definition) is 5. The number of hydrogen-bond donors (Lipinski definition) is 1. The van der Waals surface area contributed by atoms with Gasteiger partial charge in [0, 0.05) is 12.1 Å². The van der Waals surface area contributed by atoms with Crippen LogP contribution in [0.2, 0.25) is 0 Å². The molecular weight excluding hydrogens is 272 g/mol. The molecule has 0 aliphatic rings. The zero-order chi connectivity index (χ0) is 14.6. The molecule has 0 aliphatic heterocycles. The molecule has 19 heavy (non-hydrogen) atoms. The van der Waals surface area contributed by atoms with Gasteiger partial charge < -0.3 is 15.2 Å². The molecule has 0 atom stereocenters. The van der Waals surface area contributed by atoms with Crippen LogP contribution in [0.15, 0.2) is 6.20 Å². The first kappa shape index (κ1) is 15.2. The molecule has 2 N–H and O–H groups in total. The van der Waals surface area contributed by atoms with E-state index in [4.69, 9.17) is 5.73 Å². The second-order valence-corrected chi connectivity index (χ2v) is 3.24. The molecule has 0 bridgehead atoms. The van der Waals surface area contributed by atoms with Gasteiger partial charge in [0.15, 0.2) is 17.3 Å². The highest BCUT2D eigenvalue weighted by atomic mass is 19.4. The fourth-order valence-electron chi connectivity index (χ4n) is 1.27. The van der Waals surface area contributed by atoms with Gasteiger partial charge in [-0.3, -0.25) is 0 Å². The van der Waals surface area contributed by atoms with Crippen LogP contribution in [0.25, 0.3) is 0 Å². The van der Waals surface area contributed by atoms with Crippen LogP contribution in [0.1, 0.15) is 23.0 Å². The van der Waals surface area contributed by atoms with Gasteiger partial charge in [-0.25, -0.2) is 14.2 Å². The Morgan fingerprint density at radius 3 is 2.58 bits per heavy atom. The molecule has 0 saturated heterocycles. The first-order valence-corrected chi connectivity index (χ1v) is 5.10. The predicted octanol–water partition coefficient (Wildman–Crippen LogP) is 1.75. The number of pyridine rings is 1. The van der Waals surface area contributed by atoms with E-state index in [1.54, 1.807) is 0 Å². The Bertz CT molecular complexity index is 477. The van der Waals surface area contributed by atoms with E-state index in [1.807, 2.05) is 0 Å². The van der Waals surface area contributed by atoms with Crippen molar-refractivity contribution in [2.75, 3.05) is 6.61 Å². The van der Waals surface area contributed by atoms with Crippen molar-refractivity contribution in [2.24, 2.45) is 5.73 Å². The Morgan fingerprint density at radius 2 is 2.11 bits per heavy atom. The van der Waals surface area contributed by atoms with Gasteiger partial charge in [0.2, 0.25) is 0 Å². The van der Waals surface area contributed by atoms with E-state index in [1.165, 1.54) is 6.92 Å².